The van der Waals surface area contributed by atoms with E-state index in [9.17, 15) is 19.5 Å². The molecule has 182 valence electrons. The molecule has 1 N–H and O–H groups in total. The van der Waals surface area contributed by atoms with Crippen molar-refractivity contribution in [2.75, 3.05) is 7.11 Å². The number of ketones is 1. The van der Waals surface area contributed by atoms with Crippen LogP contribution < -0.4 is 4.74 Å². The van der Waals surface area contributed by atoms with E-state index in [2.05, 4.69) is 4.98 Å². The maximum Gasteiger partial charge on any atom is 0.337 e. The van der Waals surface area contributed by atoms with Crippen molar-refractivity contribution in [1.29, 1.82) is 0 Å². The first-order valence-corrected chi connectivity index (χ1v) is 11.5. The molecule has 2 aliphatic heterocycles. The molecule has 0 radical (unpaired) electrons. The lowest BCUT2D eigenvalue weighted by molar-refractivity contribution is -0.140. The molecule has 1 fully saturated rings. The molecule has 0 unspecified atom stereocenters. The Labute approximate surface area is 207 Å². The Hall–Kier alpha value is -4.46. The number of ether oxygens (including phenoxy) is 2. The number of aliphatic hydroxyl groups is 1. The summed E-state index contributed by atoms with van der Waals surface area (Å²) in [5.74, 6) is -1.49. The number of benzene rings is 2. The maximum absolute atomic E-state index is 13.3. The molecule has 0 bridgehead atoms. The number of Topliss-reactive ketones (excluding diaryl/α,β-unsaturated/α-hetero) is 1. The highest BCUT2D eigenvalue weighted by atomic mass is 16.5. The van der Waals surface area contributed by atoms with E-state index in [0.29, 0.717) is 23.1 Å². The normalized spacial score (nSPS) is 20.2. The van der Waals surface area contributed by atoms with Crippen molar-refractivity contribution >= 4 is 23.4 Å². The monoisotopic (exact) mass is 484 g/mol. The summed E-state index contributed by atoms with van der Waals surface area (Å²) < 4.78 is 10.5. The molecule has 1 amide bonds. The van der Waals surface area contributed by atoms with Crippen molar-refractivity contribution in [3.05, 3.63) is 100 Å². The lowest BCUT2D eigenvalue weighted by Crippen LogP contribution is -2.29. The smallest absolute Gasteiger partial charge is 0.337 e. The first-order valence-electron chi connectivity index (χ1n) is 11.5. The first-order chi connectivity index (χ1) is 17.4. The molecule has 0 spiro atoms. The molecule has 2 aliphatic rings. The lowest BCUT2D eigenvalue weighted by atomic mass is 9.94. The Bertz CT molecular complexity index is 1380. The summed E-state index contributed by atoms with van der Waals surface area (Å²) in [7, 11) is 1.29. The number of likely N-dealkylation sites (tertiary alicyclic amines) is 1. The van der Waals surface area contributed by atoms with Gasteiger partial charge in [-0.3, -0.25) is 14.6 Å². The van der Waals surface area contributed by atoms with E-state index in [1.807, 2.05) is 6.92 Å². The highest BCUT2D eigenvalue weighted by Crippen LogP contribution is 2.41. The van der Waals surface area contributed by atoms with E-state index >= 15 is 0 Å². The fraction of sp³-hybridized carbons (Fsp3) is 0.214. The van der Waals surface area contributed by atoms with Gasteiger partial charge in [-0.05, 0) is 66.1 Å². The molecule has 0 saturated carbocycles. The van der Waals surface area contributed by atoms with Gasteiger partial charge in [-0.25, -0.2) is 4.79 Å². The van der Waals surface area contributed by atoms with Gasteiger partial charge >= 0.3 is 5.97 Å². The van der Waals surface area contributed by atoms with Gasteiger partial charge in [-0.1, -0.05) is 12.1 Å². The van der Waals surface area contributed by atoms with Crippen LogP contribution in [-0.2, 0) is 27.3 Å². The zero-order valence-electron chi connectivity index (χ0n) is 19.8. The summed E-state index contributed by atoms with van der Waals surface area (Å²) in [4.78, 5) is 43.9. The Kier molecular flexibility index (Phi) is 6.01. The molecule has 3 heterocycles. The number of pyridine rings is 1. The van der Waals surface area contributed by atoms with Crippen LogP contribution in [-0.4, -0.2) is 45.9 Å². The highest BCUT2D eigenvalue weighted by Gasteiger charge is 2.46. The minimum atomic E-state index is -0.853. The number of amides is 1. The van der Waals surface area contributed by atoms with E-state index in [4.69, 9.17) is 9.47 Å². The average molecular weight is 485 g/mol. The summed E-state index contributed by atoms with van der Waals surface area (Å²) in [6.45, 7) is 2.10. The third-order valence-corrected chi connectivity index (χ3v) is 6.46. The van der Waals surface area contributed by atoms with Crippen molar-refractivity contribution in [3.8, 4) is 5.75 Å². The number of esters is 1. The Morgan fingerprint density at radius 3 is 2.47 bits per heavy atom. The molecular weight excluding hydrogens is 460 g/mol. The standard InChI is InChI=1S/C28H24N2O6/c1-16-13-21-14-20(7-8-22(21)36-16)25(31)23-24(18-3-5-19(6-4-18)28(34)35-2)30(27(33)26(23)32)15-17-9-11-29-12-10-17/h3-12,14,16,24,31H,13,15H2,1-2H3/t16-,24+/m0/s1. The molecule has 8 heteroatoms. The number of aliphatic hydroxyl groups excluding tert-OH is 1. The zero-order valence-corrected chi connectivity index (χ0v) is 19.8. The van der Waals surface area contributed by atoms with Gasteiger partial charge in [0.25, 0.3) is 11.7 Å². The van der Waals surface area contributed by atoms with Crippen LogP contribution in [0.3, 0.4) is 0 Å². The number of aromatic nitrogens is 1. The van der Waals surface area contributed by atoms with Gasteiger partial charge in [0.15, 0.2) is 0 Å². The Balaban J connectivity index is 1.62. The second-order valence-corrected chi connectivity index (χ2v) is 8.85. The van der Waals surface area contributed by atoms with Gasteiger partial charge in [0.1, 0.15) is 17.6 Å². The highest BCUT2D eigenvalue weighted by molar-refractivity contribution is 6.46. The zero-order chi connectivity index (χ0) is 25.4. The summed E-state index contributed by atoms with van der Waals surface area (Å²) in [6.07, 6.45) is 3.93. The van der Waals surface area contributed by atoms with E-state index in [1.54, 1.807) is 67.0 Å². The number of methoxy groups -OCH3 is 1. The fourth-order valence-corrected chi connectivity index (χ4v) is 4.72. The van der Waals surface area contributed by atoms with E-state index in [1.165, 1.54) is 12.0 Å². The number of nitrogens with zero attached hydrogens (tertiary/aromatic N) is 2. The summed E-state index contributed by atoms with van der Waals surface area (Å²) in [5, 5.41) is 11.4. The van der Waals surface area contributed by atoms with Crippen LogP contribution in [0.5, 0.6) is 5.75 Å². The predicted molar refractivity (Wildman–Crippen MR) is 130 cm³/mol. The van der Waals surface area contributed by atoms with E-state index < -0.39 is 23.7 Å². The Morgan fingerprint density at radius 2 is 1.78 bits per heavy atom. The predicted octanol–water partition coefficient (Wildman–Crippen LogP) is 3.81. The van der Waals surface area contributed by atoms with Gasteiger partial charge in [-0.15, -0.1) is 0 Å². The fourth-order valence-electron chi connectivity index (χ4n) is 4.72. The van der Waals surface area contributed by atoms with Gasteiger partial charge in [0, 0.05) is 30.9 Å². The maximum atomic E-state index is 13.3. The largest absolute Gasteiger partial charge is 0.507 e. The van der Waals surface area contributed by atoms with Crippen LogP contribution in [0.15, 0.2) is 72.6 Å². The minimum Gasteiger partial charge on any atom is -0.507 e. The quantitative estimate of drug-likeness (QED) is 0.254. The van der Waals surface area contributed by atoms with Crippen LogP contribution in [0.25, 0.3) is 5.76 Å². The van der Waals surface area contributed by atoms with Gasteiger partial charge in [-0.2, -0.15) is 0 Å². The van der Waals surface area contributed by atoms with Crippen molar-refractivity contribution < 1.29 is 29.0 Å². The van der Waals surface area contributed by atoms with Crippen LogP contribution in [0.4, 0.5) is 0 Å². The third-order valence-electron chi connectivity index (χ3n) is 6.46. The molecule has 36 heavy (non-hydrogen) atoms. The van der Waals surface area contributed by atoms with Crippen molar-refractivity contribution in [2.45, 2.75) is 32.0 Å². The van der Waals surface area contributed by atoms with Crippen molar-refractivity contribution in [2.24, 2.45) is 0 Å². The molecule has 0 aliphatic carbocycles. The van der Waals surface area contributed by atoms with Crippen LogP contribution >= 0.6 is 0 Å². The second-order valence-electron chi connectivity index (χ2n) is 8.85. The summed E-state index contributed by atoms with van der Waals surface area (Å²) in [6, 6.07) is 14.4. The number of carbonyl (C=O) groups is 3. The van der Waals surface area contributed by atoms with Crippen molar-refractivity contribution in [1.82, 2.24) is 9.88 Å². The summed E-state index contributed by atoms with van der Waals surface area (Å²) >= 11 is 0. The van der Waals surface area contributed by atoms with Gasteiger partial charge in [0.05, 0.1) is 24.3 Å². The lowest BCUT2D eigenvalue weighted by Gasteiger charge is -2.25. The van der Waals surface area contributed by atoms with Gasteiger partial charge < -0.3 is 19.5 Å². The van der Waals surface area contributed by atoms with Gasteiger partial charge in [0.2, 0.25) is 0 Å². The van der Waals surface area contributed by atoms with Crippen LogP contribution in [0.2, 0.25) is 0 Å². The molecule has 8 nitrogen and oxygen atoms in total. The van der Waals surface area contributed by atoms with Crippen molar-refractivity contribution in [3.63, 3.8) is 0 Å². The SMILES string of the molecule is COC(=O)c1ccc([C@@H]2C(=C(O)c3ccc4c(c3)C[C@H](C)O4)C(=O)C(=O)N2Cc2ccncc2)cc1. The molecular formula is C28H24N2O6. The van der Waals surface area contributed by atoms with Crippen LogP contribution in [0.1, 0.15) is 45.6 Å². The minimum absolute atomic E-state index is 0.00760. The number of carbonyl (C=O) groups excluding carboxylic acids is 3. The second kappa shape index (κ2) is 9.30. The number of rotatable bonds is 5. The molecule has 2 atom stereocenters. The number of hydrogen-bond donors (Lipinski definition) is 1. The molecule has 5 rings (SSSR count). The average Bonchev–Trinajstić information content (AvgIpc) is 3.39. The molecule has 1 aromatic heterocycles. The Morgan fingerprint density at radius 1 is 1.08 bits per heavy atom. The van der Waals surface area contributed by atoms with E-state index in [0.717, 1.165) is 16.9 Å². The molecule has 1 saturated heterocycles. The third kappa shape index (κ3) is 4.11. The molecule has 2 aromatic carbocycles. The van der Waals surface area contributed by atoms with Crippen LogP contribution in [0, 0.1) is 0 Å². The summed E-state index contributed by atoms with van der Waals surface area (Å²) in [5.41, 5.74) is 3.05. The number of fused-ring (bicyclic) bond motifs is 1. The first kappa shape index (κ1) is 23.3. The van der Waals surface area contributed by atoms with E-state index in [-0.39, 0.29) is 24.0 Å². The topological polar surface area (TPSA) is 106 Å². The number of hydrogen-bond acceptors (Lipinski definition) is 7. The molecule has 3 aromatic rings.